The highest BCUT2D eigenvalue weighted by Crippen LogP contribution is 2.23. The minimum absolute atomic E-state index is 0.0211. The topological polar surface area (TPSA) is 57.7 Å². The molecule has 1 saturated heterocycles. The number of hydrogen-bond acceptors (Lipinski definition) is 3. The molecule has 0 N–H and O–H groups in total. The Balaban J connectivity index is 2.11. The molecule has 2 rings (SSSR count). The number of hydrogen-bond donors (Lipinski definition) is 0. The quantitative estimate of drug-likeness (QED) is 0.684. The van der Waals surface area contributed by atoms with E-state index >= 15 is 0 Å². The minimum Gasteiger partial charge on any atom is -0.333 e. The van der Waals surface area contributed by atoms with E-state index < -0.39 is 34.1 Å². The van der Waals surface area contributed by atoms with Gasteiger partial charge in [0.2, 0.25) is 15.9 Å². The molecule has 9 heteroatoms. The molecular weight excluding hydrogens is 405 g/mol. The zero-order valence-electron chi connectivity index (χ0n) is 17.1. The third-order valence-corrected chi connectivity index (χ3v) is 6.53. The van der Waals surface area contributed by atoms with E-state index in [1.165, 1.54) is 28.6 Å². The normalized spacial score (nSPS) is 16.6. The highest BCUT2D eigenvalue weighted by Gasteiger charge is 2.34. The Morgan fingerprint density at radius 3 is 2.03 bits per heavy atom. The van der Waals surface area contributed by atoms with Crippen molar-refractivity contribution in [2.24, 2.45) is 5.41 Å². The van der Waals surface area contributed by atoms with E-state index in [1.54, 1.807) is 20.8 Å². The highest BCUT2D eigenvalue weighted by molar-refractivity contribution is 7.89. The number of rotatable bonds is 6. The van der Waals surface area contributed by atoms with Crippen LogP contribution in [0.15, 0.2) is 29.2 Å². The second-order valence-electron chi connectivity index (χ2n) is 8.71. The maximum Gasteiger partial charge on any atom is 0.406 e. The number of alkyl halides is 3. The Kier molecular flexibility index (Phi) is 7.37. The highest BCUT2D eigenvalue weighted by atomic mass is 32.2. The van der Waals surface area contributed by atoms with Crippen LogP contribution in [0.3, 0.4) is 0 Å². The molecule has 0 saturated carbocycles. The van der Waals surface area contributed by atoms with Crippen LogP contribution in [-0.2, 0) is 21.2 Å². The van der Waals surface area contributed by atoms with Gasteiger partial charge in [0.25, 0.3) is 0 Å². The molecule has 1 heterocycles. The van der Waals surface area contributed by atoms with Crippen LogP contribution in [0.1, 0.15) is 45.6 Å². The molecule has 0 aromatic heterocycles. The van der Waals surface area contributed by atoms with Gasteiger partial charge in [-0.1, -0.05) is 39.3 Å². The van der Waals surface area contributed by atoms with Crippen LogP contribution in [0, 0.1) is 5.41 Å². The Hall–Kier alpha value is -1.61. The van der Waals surface area contributed by atoms with Crippen molar-refractivity contribution < 1.29 is 26.4 Å². The molecular formula is C20H29F3N2O3S. The number of sulfonamides is 1. The largest absolute Gasteiger partial charge is 0.406 e. The summed E-state index contributed by atoms with van der Waals surface area (Å²) in [4.78, 5) is 13.5. The number of amides is 1. The molecule has 0 spiro atoms. The fraction of sp³-hybridized carbons (Fsp3) is 0.650. The first kappa shape index (κ1) is 23.7. The van der Waals surface area contributed by atoms with Crippen molar-refractivity contribution in [3.8, 4) is 0 Å². The predicted octanol–water partition coefficient (Wildman–Crippen LogP) is 3.84. The molecule has 1 aliphatic rings. The van der Waals surface area contributed by atoms with Gasteiger partial charge in [-0.25, -0.2) is 8.42 Å². The molecule has 29 heavy (non-hydrogen) atoms. The summed E-state index contributed by atoms with van der Waals surface area (Å²) in [5, 5.41) is 0. The maximum atomic E-state index is 12.9. The average Bonchev–Trinajstić information content (AvgIpc) is 2.60. The van der Waals surface area contributed by atoms with E-state index in [0.717, 1.165) is 24.2 Å². The summed E-state index contributed by atoms with van der Waals surface area (Å²) < 4.78 is 65.4. The van der Waals surface area contributed by atoms with Crippen molar-refractivity contribution in [3.05, 3.63) is 29.8 Å². The van der Waals surface area contributed by atoms with Crippen LogP contribution in [0.25, 0.3) is 0 Å². The van der Waals surface area contributed by atoms with Crippen LogP contribution >= 0.6 is 0 Å². The van der Waals surface area contributed by atoms with Crippen LogP contribution in [0.5, 0.6) is 0 Å². The van der Waals surface area contributed by atoms with Gasteiger partial charge in [-0.3, -0.25) is 4.79 Å². The van der Waals surface area contributed by atoms with Crippen LogP contribution < -0.4 is 0 Å². The van der Waals surface area contributed by atoms with Gasteiger partial charge < -0.3 is 4.90 Å². The molecule has 0 atom stereocenters. The molecule has 0 radical (unpaired) electrons. The first-order valence-electron chi connectivity index (χ1n) is 9.72. The SMILES string of the molecule is CC(C)(C)CN(CC(F)(F)F)C(=O)Cc1ccc(S(=O)(=O)N2CCCCC2)cc1. The minimum atomic E-state index is -4.48. The van der Waals surface area contributed by atoms with Gasteiger partial charge >= 0.3 is 6.18 Å². The molecule has 164 valence electrons. The predicted molar refractivity (Wildman–Crippen MR) is 105 cm³/mol. The van der Waals surface area contributed by atoms with Crippen LogP contribution in [-0.4, -0.2) is 55.9 Å². The number of benzene rings is 1. The third-order valence-electron chi connectivity index (χ3n) is 4.62. The maximum absolute atomic E-state index is 12.9. The Morgan fingerprint density at radius 1 is 1.00 bits per heavy atom. The molecule has 1 amide bonds. The summed E-state index contributed by atoms with van der Waals surface area (Å²) >= 11 is 0. The van der Waals surface area contributed by atoms with E-state index in [1.807, 2.05) is 0 Å². The Bertz CT molecular complexity index is 778. The van der Waals surface area contributed by atoms with Gasteiger partial charge in [0, 0.05) is 19.6 Å². The van der Waals surface area contributed by atoms with E-state index in [9.17, 15) is 26.4 Å². The Labute approximate surface area is 170 Å². The van der Waals surface area contributed by atoms with E-state index in [2.05, 4.69) is 0 Å². The lowest BCUT2D eigenvalue weighted by molar-refractivity contribution is -0.163. The lowest BCUT2D eigenvalue weighted by atomic mass is 9.95. The monoisotopic (exact) mass is 434 g/mol. The number of halogens is 3. The van der Waals surface area contributed by atoms with Crippen molar-refractivity contribution in [3.63, 3.8) is 0 Å². The fourth-order valence-corrected chi connectivity index (χ4v) is 4.86. The van der Waals surface area contributed by atoms with Gasteiger partial charge in [-0.15, -0.1) is 0 Å². The van der Waals surface area contributed by atoms with Gasteiger partial charge in [0.1, 0.15) is 6.54 Å². The zero-order chi connectivity index (χ0) is 21.9. The van der Waals surface area contributed by atoms with Gasteiger partial charge in [0.15, 0.2) is 0 Å². The molecule has 0 aliphatic carbocycles. The first-order valence-corrected chi connectivity index (χ1v) is 11.2. The summed E-state index contributed by atoms with van der Waals surface area (Å²) in [6, 6.07) is 5.84. The number of piperidine rings is 1. The summed E-state index contributed by atoms with van der Waals surface area (Å²) in [6.45, 7) is 4.96. The molecule has 1 aromatic rings. The lowest BCUT2D eigenvalue weighted by Gasteiger charge is -2.30. The van der Waals surface area contributed by atoms with Crippen LogP contribution in [0.2, 0.25) is 0 Å². The molecule has 1 aromatic carbocycles. The van der Waals surface area contributed by atoms with E-state index in [-0.39, 0.29) is 17.9 Å². The second kappa shape index (κ2) is 9.04. The fourth-order valence-electron chi connectivity index (χ4n) is 3.34. The van der Waals surface area contributed by atoms with Crippen molar-refractivity contribution in [2.45, 2.75) is 57.5 Å². The average molecular weight is 435 g/mol. The molecule has 1 fully saturated rings. The van der Waals surface area contributed by atoms with Gasteiger partial charge in [0.05, 0.1) is 11.3 Å². The lowest BCUT2D eigenvalue weighted by Crippen LogP contribution is -2.44. The van der Waals surface area contributed by atoms with Crippen molar-refractivity contribution in [2.75, 3.05) is 26.2 Å². The third kappa shape index (κ3) is 7.29. The van der Waals surface area contributed by atoms with Crippen LogP contribution in [0.4, 0.5) is 13.2 Å². The van der Waals surface area contributed by atoms with E-state index in [0.29, 0.717) is 18.7 Å². The molecule has 5 nitrogen and oxygen atoms in total. The smallest absolute Gasteiger partial charge is 0.333 e. The second-order valence-corrected chi connectivity index (χ2v) is 10.6. The van der Waals surface area contributed by atoms with Gasteiger partial charge in [-0.2, -0.15) is 17.5 Å². The first-order chi connectivity index (χ1) is 13.3. The van der Waals surface area contributed by atoms with E-state index in [4.69, 9.17) is 0 Å². The number of nitrogens with zero attached hydrogens (tertiary/aromatic N) is 2. The van der Waals surface area contributed by atoms with Crippen molar-refractivity contribution in [1.29, 1.82) is 0 Å². The van der Waals surface area contributed by atoms with Gasteiger partial charge in [-0.05, 0) is 36.0 Å². The summed E-state index contributed by atoms with van der Waals surface area (Å²) in [7, 11) is -3.58. The van der Waals surface area contributed by atoms with Crippen molar-refractivity contribution >= 4 is 15.9 Å². The number of carbonyl (C=O) groups excluding carboxylic acids is 1. The molecule has 0 unspecified atom stereocenters. The molecule has 1 aliphatic heterocycles. The summed E-state index contributed by atoms with van der Waals surface area (Å²) in [6.07, 6.45) is -2.02. The zero-order valence-corrected chi connectivity index (χ0v) is 17.9. The standard InChI is InChI=1S/C20H29F3N2O3S/c1-19(2,3)14-24(15-20(21,22)23)18(26)13-16-7-9-17(10-8-16)29(27,28)25-11-5-4-6-12-25/h7-10H,4-6,11-15H2,1-3H3. The summed E-state index contributed by atoms with van der Waals surface area (Å²) in [5.74, 6) is -0.635. The number of carbonyl (C=O) groups is 1. The molecule has 0 bridgehead atoms. The van der Waals surface area contributed by atoms with Crippen molar-refractivity contribution in [1.82, 2.24) is 9.21 Å². The summed E-state index contributed by atoms with van der Waals surface area (Å²) in [5.41, 5.74) is 0.00138. The Morgan fingerprint density at radius 2 is 1.55 bits per heavy atom.